The number of aromatic nitrogens is 1. The zero-order valence-corrected chi connectivity index (χ0v) is 14.5. The molecular weight excluding hydrogens is 318 g/mol. The van der Waals surface area contributed by atoms with E-state index in [0.717, 1.165) is 41.5 Å². The molecule has 1 saturated carbocycles. The first kappa shape index (κ1) is 17.2. The van der Waals surface area contributed by atoms with Crippen LogP contribution in [0.1, 0.15) is 38.2 Å². The van der Waals surface area contributed by atoms with Gasteiger partial charge in [-0.25, -0.2) is 4.98 Å². The molecule has 1 fully saturated rings. The first-order valence-corrected chi connectivity index (χ1v) is 8.25. The van der Waals surface area contributed by atoms with Gasteiger partial charge in [-0.3, -0.25) is 4.79 Å². The van der Waals surface area contributed by atoms with Crippen molar-refractivity contribution in [1.29, 1.82) is 0 Å². The van der Waals surface area contributed by atoms with Crippen molar-refractivity contribution in [2.75, 3.05) is 5.32 Å². The van der Waals surface area contributed by atoms with Gasteiger partial charge in [0.2, 0.25) is 5.91 Å². The van der Waals surface area contributed by atoms with E-state index >= 15 is 0 Å². The molecule has 0 bridgehead atoms. The molecule has 2 aromatic rings. The average molecular weight is 340 g/mol. The van der Waals surface area contributed by atoms with Crippen LogP contribution in [-0.2, 0) is 4.79 Å². The Bertz CT molecular complexity index is 683. The van der Waals surface area contributed by atoms with Crippen molar-refractivity contribution in [2.45, 2.75) is 45.1 Å². The lowest BCUT2D eigenvalue weighted by Gasteiger charge is -2.36. The van der Waals surface area contributed by atoms with Gasteiger partial charge in [0.25, 0.3) is 0 Å². The largest absolute Gasteiger partial charge is 0.325 e. The summed E-state index contributed by atoms with van der Waals surface area (Å²) in [4.78, 5) is 17.1. The number of para-hydroxylation sites is 1. The molecule has 1 aromatic heterocycles. The van der Waals surface area contributed by atoms with Crippen molar-refractivity contribution in [3.05, 3.63) is 23.8 Å². The number of halogens is 1. The van der Waals surface area contributed by atoms with E-state index in [1.807, 2.05) is 32.0 Å². The maximum atomic E-state index is 12.5. The summed E-state index contributed by atoms with van der Waals surface area (Å²) in [5.41, 5.74) is 7.99. The first-order chi connectivity index (χ1) is 9.97. The number of carbonyl (C=O) groups excluding carboxylic acids is 1. The SMILES string of the molecule is Cc1cccc2sc(NC(=O)C3CCCCC3(C)N)nc12.Cl. The number of carbonyl (C=O) groups is 1. The molecule has 1 aliphatic rings. The van der Waals surface area contributed by atoms with Crippen LogP contribution in [0.2, 0.25) is 0 Å². The highest BCUT2D eigenvalue weighted by atomic mass is 35.5. The van der Waals surface area contributed by atoms with Crippen molar-refractivity contribution < 1.29 is 4.79 Å². The number of anilines is 1. The fourth-order valence-corrected chi connectivity index (χ4v) is 4.07. The fourth-order valence-electron chi connectivity index (χ4n) is 3.12. The molecule has 0 saturated heterocycles. The quantitative estimate of drug-likeness (QED) is 0.872. The van der Waals surface area contributed by atoms with Crippen LogP contribution in [-0.4, -0.2) is 16.4 Å². The number of nitrogens with zero attached hydrogens (tertiary/aromatic N) is 1. The molecule has 22 heavy (non-hydrogen) atoms. The summed E-state index contributed by atoms with van der Waals surface area (Å²) in [6.45, 7) is 4.02. The van der Waals surface area contributed by atoms with E-state index in [0.29, 0.717) is 5.13 Å². The van der Waals surface area contributed by atoms with Gasteiger partial charge in [-0.05, 0) is 38.3 Å². The molecule has 4 nitrogen and oxygen atoms in total. The van der Waals surface area contributed by atoms with E-state index in [-0.39, 0.29) is 24.2 Å². The summed E-state index contributed by atoms with van der Waals surface area (Å²) in [7, 11) is 0. The molecule has 2 unspecified atom stereocenters. The number of fused-ring (bicyclic) bond motifs is 1. The van der Waals surface area contributed by atoms with Crippen LogP contribution in [0, 0.1) is 12.8 Å². The zero-order valence-electron chi connectivity index (χ0n) is 12.9. The Kier molecular flexibility index (Phi) is 5.10. The third kappa shape index (κ3) is 3.26. The molecule has 1 aliphatic carbocycles. The standard InChI is InChI=1S/C16H21N3OS.ClH/c1-10-6-5-8-12-13(10)18-15(21-12)19-14(20)11-7-3-4-9-16(11,2)17;/h5-6,8,11H,3-4,7,9,17H2,1-2H3,(H,18,19,20);1H. The third-order valence-corrected chi connectivity index (χ3v) is 5.36. The lowest BCUT2D eigenvalue weighted by atomic mass is 9.74. The van der Waals surface area contributed by atoms with Gasteiger partial charge in [-0.2, -0.15) is 0 Å². The van der Waals surface area contributed by atoms with Gasteiger partial charge in [0.15, 0.2) is 5.13 Å². The van der Waals surface area contributed by atoms with E-state index in [4.69, 9.17) is 5.73 Å². The van der Waals surface area contributed by atoms with Crippen molar-refractivity contribution in [1.82, 2.24) is 4.98 Å². The molecular formula is C16H22ClN3OS. The summed E-state index contributed by atoms with van der Waals surface area (Å²) in [6.07, 6.45) is 3.95. The summed E-state index contributed by atoms with van der Waals surface area (Å²) >= 11 is 1.52. The Morgan fingerprint density at radius 2 is 2.23 bits per heavy atom. The maximum Gasteiger partial charge on any atom is 0.231 e. The molecule has 0 spiro atoms. The van der Waals surface area contributed by atoms with Gasteiger partial charge in [-0.1, -0.05) is 36.3 Å². The maximum absolute atomic E-state index is 12.5. The smallest absolute Gasteiger partial charge is 0.231 e. The highest BCUT2D eigenvalue weighted by Gasteiger charge is 2.38. The van der Waals surface area contributed by atoms with E-state index < -0.39 is 5.54 Å². The van der Waals surface area contributed by atoms with Gasteiger partial charge in [-0.15, -0.1) is 12.4 Å². The van der Waals surface area contributed by atoms with Gasteiger partial charge in [0.1, 0.15) is 0 Å². The molecule has 6 heteroatoms. The van der Waals surface area contributed by atoms with Crippen LogP contribution in [0.25, 0.3) is 10.2 Å². The summed E-state index contributed by atoms with van der Waals surface area (Å²) in [6, 6.07) is 6.08. The Hall–Kier alpha value is -1.17. The third-order valence-electron chi connectivity index (χ3n) is 4.42. The van der Waals surface area contributed by atoms with E-state index in [1.54, 1.807) is 0 Å². The number of benzene rings is 1. The molecule has 2 atom stereocenters. The number of hydrogen-bond donors (Lipinski definition) is 2. The Labute approximate surface area is 140 Å². The van der Waals surface area contributed by atoms with Gasteiger partial charge < -0.3 is 11.1 Å². The average Bonchev–Trinajstić information content (AvgIpc) is 2.82. The number of rotatable bonds is 2. The van der Waals surface area contributed by atoms with Gasteiger partial charge in [0, 0.05) is 5.54 Å². The van der Waals surface area contributed by atoms with Crippen LogP contribution in [0.5, 0.6) is 0 Å². The van der Waals surface area contributed by atoms with E-state index in [1.165, 1.54) is 11.3 Å². The van der Waals surface area contributed by atoms with Crippen LogP contribution >= 0.6 is 23.7 Å². The second-order valence-corrected chi connectivity index (χ2v) is 7.26. The summed E-state index contributed by atoms with van der Waals surface area (Å²) in [5, 5.41) is 3.64. The lowest BCUT2D eigenvalue weighted by Crippen LogP contribution is -2.51. The van der Waals surface area contributed by atoms with Crippen LogP contribution in [0.4, 0.5) is 5.13 Å². The molecule has 3 N–H and O–H groups in total. The first-order valence-electron chi connectivity index (χ1n) is 7.43. The highest BCUT2D eigenvalue weighted by molar-refractivity contribution is 7.22. The van der Waals surface area contributed by atoms with Crippen LogP contribution in [0.3, 0.4) is 0 Å². The predicted octanol–water partition coefficient (Wildman–Crippen LogP) is 3.87. The second-order valence-electron chi connectivity index (χ2n) is 6.23. The lowest BCUT2D eigenvalue weighted by molar-refractivity contribution is -0.122. The number of nitrogens with one attached hydrogen (secondary N) is 1. The van der Waals surface area contributed by atoms with Crippen molar-refractivity contribution >= 4 is 45.0 Å². The number of amides is 1. The van der Waals surface area contributed by atoms with E-state index in [2.05, 4.69) is 10.3 Å². The van der Waals surface area contributed by atoms with Gasteiger partial charge >= 0.3 is 0 Å². The van der Waals surface area contributed by atoms with Gasteiger partial charge in [0.05, 0.1) is 16.1 Å². The van der Waals surface area contributed by atoms with Crippen molar-refractivity contribution in [2.24, 2.45) is 11.7 Å². The molecule has 1 aromatic carbocycles. The van der Waals surface area contributed by atoms with Crippen LogP contribution < -0.4 is 11.1 Å². The Morgan fingerprint density at radius 1 is 1.45 bits per heavy atom. The number of hydrogen-bond acceptors (Lipinski definition) is 4. The molecule has 3 rings (SSSR count). The van der Waals surface area contributed by atoms with Crippen LogP contribution in [0.15, 0.2) is 18.2 Å². The monoisotopic (exact) mass is 339 g/mol. The Morgan fingerprint density at radius 3 is 2.91 bits per heavy atom. The molecule has 0 aliphatic heterocycles. The zero-order chi connectivity index (χ0) is 15.0. The Balaban J connectivity index is 0.00000176. The minimum atomic E-state index is -0.408. The molecule has 0 radical (unpaired) electrons. The minimum Gasteiger partial charge on any atom is -0.325 e. The predicted molar refractivity (Wildman–Crippen MR) is 94.8 cm³/mol. The molecule has 1 amide bonds. The number of nitrogens with two attached hydrogens (primary N) is 1. The number of thiazole rings is 1. The fraction of sp³-hybridized carbons (Fsp3) is 0.500. The molecule has 1 heterocycles. The van der Waals surface area contributed by atoms with Crippen molar-refractivity contribution in [3.8, 4) is 0 Å². The molecule has 120 valence electrons. The topological polar surface area (TPSA) is 68.0 Å². The second kappa shape index (κ2) is 6.52. The highest BCUT2D eigenvalue weighted by Crippen LogP contribution is 2.34. The summed E-state index contributed by atoms with van der Waals surface area (Å²) < 4.78 is 1.10. The normalized spacial score (nSPS) is 24.8. The number of aryl methyl sites for hydroxylation is 1. The van der Waals surface area contributed by atoms with E-state index in [9.17, 15) is 4.79 Å². The summed E-state index contributed by atoms with van der Waals surface area (Å²) in [5.74, 6) is -0.115. The minimum absolute atomic E-state index is 0. The van der Waals surface area contributed by atoms with Crippen molar-refractivity contribution in [3.63, 3.8) is 0 Å².